The van der Waals surface area contributed by atoms with Crippen molar-refractivity contribution in [2.75, 3.05) is 6.61 Å². The lowest BCUT2D eigenvalue weighted by molar-refractivity contribution is -0.0518. The van der Waals surface area contributed by atoms with Crippen LogP contribution in [0.3, 0.4) is 0 Å². The lowest BCUT2D eigenvalue weighted by Crippen LogP contribution is -2.46. The topological polar surface area (TPSA) is 58.6 Å². The average molecular weight is 279 g/mol. The first-order valence-corrected chi connectivity index (χ1v) is 6.61. The second kappa shape index (κ2) is 6.03. The van der Waals surface area contributed by atoms with Crippen LogP contribution in [0, 0.1) is 5.92 Å². The molecule has 2 N–H and O–H groups in total. The second-order valence-corrected chi connectivity index (χ2v) is 6.13. The minimum Gasteiger partial charge on any atom is -0.444 e. The van der Waals surface area contributed by atoms with Gasteiger partial charge in [0.25, 0.3) is 0 Å². The maximum absolute atomic E-state index is 13.1. The van der Waals surface area contributed by atoms with Crippen molar-refractivity contribution in [1.82, 2.24) is 5.32 Å². The van der Waals surface area contributed by atoms with Crippen LogP contribution >= 0.6 is 0 Å². The van der Waals surface area contributed by atoms with E-state index in [2.05, 4.69) is 5.32 Å². The van der Waals surface area contributed by atoms with Crippen molar-refractivity contribution < 1.29 is 23.4 Å². The summed E-state index contributed by atoms with van der Waals surface area (Å²) >= 11 is 0. The molecule has 1 aliphatic rings. The van der Waals surface area contributed by atoms with Crippen molar-refractivity contribution in [3.8, 4) is 0 Å². The van der Waals surface area contributed by atoms with Gasteiger partial charge in [-0.2, -0.15) is 0 Å². The Morgan fingerprint density at radius 3 is 2.37 bits per heavy atom. The third-order valence-corrected chi connectivity index (χ3v) is 3.23. The Morgan fingerprint density at radius 2 is 1.95 bits per heavy atom. The molecule has 1 aliphatic carbocycles. The molecule has 0 spiro atoms. The van der Waals surface area contributed by atoms with Gasteiger partial charge >= 0.3 is 6.09 Å². The fourth-order valence-corrected chi connectivity index (χ4v) is 2.24. The third kappa shape index (κ3) is 5.72. The minimum atomic E-state index is -2.61. The molecule has 0 radical (unpaired) electrons. The highest BCUT2D eigenvalue weighted by Crippen LogP contribution is 2.37. The van der Waals surface area contributed by atoms with Gasteiger partial charge in [0.2, 0.25) is 5.92 Å². The summed E-state index contributed by atoms with van der Waals surface area (Å²) in [6.45, 7) is 4.95. The Labute approximate surface area is 112 Å². The highest BCUT2D eigenvalue weighted by atomic mass is 19.3. The number of aliphatic hydroxyl groups is 1. The summed E-state index contributed by atoms with van der Waals surface area (Å²) in [4.78, 5) is 11.6. The number of aliphatic hydroxyl groups excluding tert-OH is 1. The Balaban J connectivity index is 2.48. The van der Waals surface area contributed by atoms with Crippen LogP contribution in [0.15, 0.2) is 0 Å². The van der Waals surface area contributed by atoms with Crippen LogP contribution in [0.4, 0.5) is 13.6 Å². The van der Waals surface area contributed by atoms with E-state index in [1.54, 1.807) is 20.8 Å². The zero-order valence-electron chi connectivity index (χ0n) is 11.7. The van der Waals surface area contributed by atoms with Crippen molar-refractivity contribution in [3.63, 3.8) is 0 Å². The fraction of sp³-hybridized carbons (Fsp3) is 0.923. The molecule has 0 heterocycles. The molecule has 4 nitrogen and oxygen atoms in total. The summed E-state index contributed by atoms with van der Waals surface area (Å²) in [7, 11) is 0. The molecule has 1 atom stereocenters. The smallest absolute Gasteiger partial charge is 0.407 e. The van der Waals surface area contributed by atoms with E-state index in [4.69, 9.17) is 4.74 Å². The Hall–Kier alpha value is -0.910. The van der Waals surface area contributed by atoms with E-state index < -0.39 is 23.7 Å². The Kier molecular flexibility index (Phi) is 5.12. The van der Waals surface area contributed by atoms with Crippen LogP contribution in [-0.4, -0.2) is 35.4 Å². The molecule has 112 valence electrons. The summed E-state index contributed by atoms with van der Waals surface area (Å²) in [5.41, 5.74) is -0.621. The molecule has 0 aromatic heterocycles. The van der Waals surface area contributed by atoms with Gasteiger partial charge in [0.15, 0.2) is 0 Å². The molecule has 0 aliphatic heterocycles. The number of alkyl carbamates (subject to hydrolysis) is 1. The molecule has 1 saturated carbocycles. The third-order valence-electron chi connectivity index (χ3n) is 3.23. The molecule has 0 aromatic rings. The molecule has 0 bridgehead atoms. The molecule has 6 heteroatoms. The number of carbonyl (C=O) groups is 1. The van der Waals surface area contributed by atoms with E-state index in [9.17, 15) is 18.7 Å². The van der Waals surface area contributed by atoms with Crippen molar-refractivity contribution >= 4 is 6.09 Å². The zero-order chi connectivity index (χ0) is 14.7. The van der Waals surface area contributed by atoms with Crippen molar-refractivity contribution in [2.45, 2.75) is 64.0 Å². The van der Waals surface area contributed by atoms with Gasteiger partial charge in [-0.25, -0.2) is 13.6 Å². The summed E-state index contributed by atoms with van der Waals surface area (Å²) < 4.78 is 31.2. The molecule has 1 fully saturated rings. The molecule has 19 heavy (non-hydrogen) atoms. The van der Waals surface area contributed by atoms with Gasteiger partial charge in [-0.1, -0.05) is 0 Å². The number of hydrogen-bond donors (Lipinski definition) is 2. The average Bonchev–Trinajstić information content (AvgIpc) is 2.24. The SMILES string of the molecule is CC(C)(C)OC(=O)NC(CO)C1CCC(F)(F)CC1. The van der Waals surface area contributed by atoms with E-state index >= 15 is 0 Å². The molecule has 0 aromatic carbocycles. The van der Waals surface area contributed by atoms with Gasteiger partial charge in [-0.05, 0) is 39.5 Å². The van der Waals surface area contributed by atoms with E-state index in [0.717, 1.165) is 0 Å². The molecule has 1 amide bonds. The number of rotatable bonds is 3. The van der Waals surface area contributed by atoms with Crippen LogP contribution in [0.2, 0.25) is 0 Å². The number of carbonyl (C=O) groups excluding carboxylic acids is 1. The first-order chi connectivity index (χ1) is 8.63. The number of ether oxygens (including phenoxy) is 1. The number of halogens is 2. The first kappa shape index (κ1) is 16.1. The molecular weight excluding hydrogens is 256 g/mol. The molecule has 0 saturated heterocycles. The summed E-state index contributed by atoms with van der Waals surface area (Å²) in [5.74, 6) is -2.74. The van der Waals surface area contributed by atoms with Crippen LogP contribution in [0.5, 0.6) is 0 Å². The predicted octanol–water partition coefficient (Wildman–Crippen LogP) is 2.70. The number of nitrogens with one attached hydrogen (secondary N) is 1. The maximum atomic E-state index is 13.1. The lowest BCUT2D eigenvalue weighted by atomic mass is 9.82. The summed E-state index contributed by atoms with van der Waals surface area (Å²) in [6.07, 6.45) is -0.403. The van der Waals surface area contributed by atoms with Gasteiger partial charge in [-0.15, -0.1) is 0 Å². The standard InChI is InChI=1S/C13H23F2NO3/c1-12(2,3)19-11(18)16-10(8-17)9-4-6-13(14,15)7-5-9/h9-10,17H,4-8H2,1-3H3,(H,16,18). The largest absolute Gasteiger partial charge is 0.444 e. The van der Waals surface area contributed by atoms with E-state index in [0.29, 0.717) is 12.8 Å². The van der Waals surface area contributed by atoms with Crippen molar-refractivity contribution in [2.24, 2.45) is 5.92 Å². The van der Waals surface area contributed by atoms with Crippen LogP contribution in [0.25, 0.3) is 0 Å². The Bertz CT molecular complexity index is 306. The van der Waals surface area contributed by atoms with Crippen LogP contribution in [0.1, 0.15) is 46.5 Å². The highest BCUT2D eigenvalue weighted by Gasteiger charge is 2.38. The summed E-state index contributed by atoms with van der Waals surface area (Å²) in [6, 6.07) is -0.522. The zero-order valence-corrected chi connectivity index (χ0v) is 11.7. The number of alkyl halides is 2. The predicted molar refractivity (Wildman–Crippen MR) is 67.1 cm³/mol. The monoisotopic (exact) mass is 279 g/mol. The van der Waals surface area contributed by atoms with Gasteiger partial charge in [0, 0.05) is 12.8 Å². The fourth-order valence-electron chi connectivity index (χ4n) is 2.24. The van der Waals surface area contributed by atoms with E-state index in [1.807, 2.05) is 0 Å². The lowest BCUT2D eigenvalue weighted by Gasteiger charge is -2.33. The van der Waals surface area contributed by atoms with Crippen LogP contribution in [-0.2, 0) is 4.74 Å². The summed E-state index contributed by atoms with van der Waals surface area (Å²) in [5, 5.41) is 11.9. The molecular formula is C13H23F2NO3. The number of amides is 1. The Morgan fingerprint density at radius 1 is 1.42 bits per heavy atom. The first-order valence-electron chi connectivity index (χ1n) is 6.61. The second-order valence-electron chi connectivity index (χ2n) is 6.13. The van der Waals surface area contributed by atoms with E-state index in [1.165, 1.54) is 0 Å². The van der Waals surface area contributed by atoms with Crippen LogP contribution < -0.4 is 5.32 Å². The van der Waals surface area contributed by atoms with Gasteiger partial charge in [0.1, 0.15) is 5.60 Å². The molecule has 1 rings (SSSR count). The highest BCUT2D eigenvalue weighted by molar-refractivity contribution is 5.68. The van der Waals surface area contributed by atoms with Gasteiger partial charge in [-0.3, -0.25) is 0 Å². The van der Waals surface area contributed by atoms with Crippen molar-refractivity contribution in [1.29, 1.82) is 0 Å². The number of hydrogen-bond acceptors (Lipinski definition) is 3. The normalized spacial score (nSPS) is 21.8. The van der Waals surface area contributed by atoms with Crippen molar-refractivity contribution in [3.05, 3.63) is 0 Å². The van der Waals surface area contributed by atoms with Gasteiger partial charge in [0.05, 0.1) is 12.6 Å². The van der Waals surface area contributed by atoms with E-state index in [-0.39, 0.29) is 25.4 Å². The maximum Gasteiger partial charge on any atom is 0.407 e. The quantitative estimate of drug-likeness (QED) is 0.835. The molecule has 1 unspecified atom stereocenters. The minimum absolute atomic E-state index is 0.128. The van der Waals surface area contributed by atoms with Gasteiger partial charge < -0.3 is 15.2 Å².